The minimum absolute atomic E-state index is 0.0450. The van der Waals surface area contributed by atoms with E-state index < -0.39 is 0 Å². The molecular formula is C21H18N2O2. The van der Waals surface area contributed by atoms with E-state index in [0.717, 1.165) is 22.2 Å². The first-order valence-electron chi connectivity index (χ1n) is 8.23. The van der Waals surface area contributed by atoms with Crippen LogP contribution in [0, 0.1) is 0 Å². The summed E-state index contributed by atoms with van der Waals surface area (Å²) in [4.78, 5) is 18.1. The molecule has 0 aliphatic carbocycles. The van der Waals surface area contributed by atoms with Gasteiger partial charge in [-0.15, -0.1) is 0 Å². The first-order chi connectivity index (χ1) is 12.3. The molecule has 2 heterocycles. The fraction of sp³-hybridized carbons (Fsp3) is 0.0952. The smallest absolute Gasteiger partial charge is 0.271 e. The summed E-state index contributed by atoms with van der Waals surface area (Å²) in [6.45, 7) is 0.950. The number of aromatic amines is 1. The van der Waals surface area contributed by atoms with Crippen molar-refractivity contribution in [3.63, 3.8) is 0 Å². The van der Waals surface area contributed by atoms with Crippen LogP contribution in [-0.4, -0.2) is 15.8 Å². The Morgan fingerprint density at radius 3 is 2.48 bits per heavy atom. The number of furan rings is 1. The quantitative estimate of drug-likeness (QED) is 0.581. The number of carbonyl (C=O) groups excluding carboxylic acids is 1. The maximum atomic E-state index is 13.1. The van der Waals surface area contributed by atoms with Gasteiger partial charge in [-0.25, -0.2) is 0 Å². The van der Waals surface area contributed by atoms with Crippen LogP contribution in [0.1, 0.15) is 21.8 Å². The third-order valence-corrected chi connectivity index (χ3v) is 4.19. The van der Waals surface area contributed by atoms with Crippen molar-refractivity contribution in [2.45, 2.75) is 13.1 Å². The summed E-state index contributed by atoms with van der Waals surface area (Å²) in [5.41, 5.74) is 2.63. The monoisotopic (exact) mass is 330 g/mol. The van der Waals surface area contributed by atoms with Crippen molar-refractivity contribution in [2.24, 2.45) is 0 Å². The second-order valence-electron chi connectivity index (χ2n) is 6.00. The van der Waals surface area contributed by atoms with Crippen molar-refractivity contribution >= 4 is 16.8 Å². The number of fused-ring (bicyclic) bond motifs is 1. The lowest BCUT2D eigenvalue weighted by atomic mass is 10.2. The third kappa shape index (κ3) is 3.33. The lowest BCUT2D eigenvalue weighted by Gasteiger charge is -2.21. The zero-order valence-electron chi connectivity index (χ0n) is 13.7. The van der Waals surface area contributed by atoms with Gasteiger partial charge < -0.3 is 14.3 Å². The van der Waals surface area contributed by atoms with E-state index in [1.165, 1.54) is 0 Å². The molecule has 0 radical (unpaired) electrons. The van der Waals surface area contributed by atoms with E-state index in [2.05, 4.69) is 4.98 Å². The van der Waals surface area contributed by atoms with Crippen molar-refractivity contribution in [1.82, 2.24) is 9.88 Å². The molecule has 0 spiro atoms. The van der Waals surface area contributed by atoms with E-state index >= 15 is 0 Å². The Balaban J connectivity index is 1.64. The second-order valence-corrected chi connectivity index (χ2v) is 6.00. The van der Waals surface area contributed by atoms with Gasteiger partial charge in [0.25, 0.3) is 5.91 Å². The van der Waals surface area contributed by atoms with Crippen molar-refractivity contribution in [3.05, 3.63) is 96.1 Å². The van der Waals surface area contributed by atoms with Crippen molar-refractivity contribution < 1.29 is 9.21 Å². The van der Waals surface area contributed by atoms with Crippen LogP contribution in [0.15, 0.2) is 83.5 Å². The first kappa shape index (κ1) is 15.3. The van der Waals surface area contributed by atoms with Crippen LogP contribution >= 0.6 is 0 Å². The number of amides is 1. The third-order valence-electron chi connectivity index (χ3n) is 4.19. The number of aromatic nitrogens is 1. The molecule has 0 unspecified atom stereocenters. The zero-order chi connectivity index (χ0) is 17.1. The Kier molecular flexibility index (Phi) is 4.09. The van der Waals surface area contributed by atoms with Gasteiger partial charge >= 0.3 is 0 Å². The average Bonchev–Trinajstić information content (AvgIpc) is 3.30. The first-order valence-corrected chi connectivity index (χ1v) is 8.23. The van der Waals surface area contributed by atoms with Gasteiger partial charge in [0.15, 0.2) is 0 Å². The number of nitrogens with one attached hydrogen (secondary N) is 1. The van der Waals surface area contributed by atoms with Gasteiger partial charge in [0, 0.05) is 17.4 Å². The van der Waals surface area contributed by atoms with Gasteiger partial charge in [-0.1, -0.05) is 48.5 Å². The van der Waals surface area contributed by atoms with Gasteiger partial charge in [0.2, 0.25) is 0 Å². The molecule has 4 nitrogen and oxygen atoms in total. The van der Waals surface area contributed by atoms with Crippen LogP contribution in [0.25, 0.3) is 10.9 Å². The Morgan fingerprint density at radius 2 is 1.72 bits per heavy atom. The van der Waals surface area contributed by atoms with Crippen molar-refractivity contribution in [3.8, 4) is 0 Å². The molecule has 4 heteroatoms. The molecule has 0 saturated carbocycles. The number of carbonyl (C=O) groups is 1. The summed E-state index contributed by atoms with van der Waals surface area (Å²) in [5.74, 6) is 0.719. The molecule has 25 heavy (non-hydrogen) atoms. The molecule has 2 aromatic carbocycles. The average molecular weight is 330 g/mol. The molecular weight excluding hydrogens is 312 g/mol. The molecule has 1 amide bonds. The topological polar surface area (TPSA) is 49.2 Å². The summed E-state index contributed by atoms with van der Waals surface area (Å²) in [5, 5.41) is 1.03. The van der Waals surface area contributed by atoms with E-state index in [0.29, 0.717) is 18.8 Å². The van der Waals surface area contributed by atoms with E-state index in [1.807, 2.05) is 72.8 Å². The van der Waals surface area contributed by atoms with E-state index in [1.54, 1.807) is 11.2 Å². The lowest BCUT2D eigenvalue weighted by Crippen LogP contribution is -2.30. The number of hydrogen-bond donors (Lipinski definition) is 1. The van der Waals surface area contributed by atoms with Gasteiger partial charge in [-0.3, -0.25) is 4.79 Å². The number of benzene rings is 2. The van der Waals surface area contributed by atoms with Crippen LogP contribution in [0.3, 0.4) is 0 Å². The van der Waals surface area contributed by atoms with Gasteiger partial charge in [-0.05, 0) is 29.8 Å². The van der Waals surface area contributed by atoms with E-state index in [9.17, 15) is 4.79 Å². The summed E-state index contributed by atoms with van der Waals surface area (Å²) >= 11 is 0. The Bertz CT molecular complexity index is 938. The molecule has 0 saturated heterocycles. The second kappa shape index (κ2) is 6.69. The maximum Gasteiger partial charge on any atom is 0.271 e. The number of hydrogen-bond acceptors (Lipinski definition) is 2. The van der Waals surface area contributed by atoms with E-state index in [-0.39, 0.29) is 5.91 Å². The van der Waals surface area contributed by atoms with E-state index in [4.69, 9.17) is 4.42 Å². The molecule has 124 valence electrons. The van der Waals surface area contributed by atoms with Crippen LogP contribution in [0.4, 0.5) is 0 Å². The summed E-state index contributed by atoms with van der Waals surface area (Å²) in [6, 6.07) is 23.5. The molecule has 0 atom stereocenters. The molecule has 1 N–H and O–H groups in total. The highest BCUT2D eigenvalue weighted by Crippen LogP contribution is 2.19. The zero-order valence-corrected chi connectivity index (χ0v) is 13.7. The van der Waals surface area contributed by atoms with Crippen LogP contribution in [-0.2, 0) is 13.1 Å². The fourth-order valence-corrected chi connectivity index (χ4v) is 2.95. The lowest BCUT2D eigenvalue weighted by molar-refractivity contribution is 0.0712. The predicted octanol–water partition coefficient (Wildman–Crippen LogP) is 4.60. The summed E-state index contributed by atoms with van der Waals surface area (Å²) in [7, 11) is 0. The Hall–Kier alpha value is -3.27. The highest BCUT2D eigenvalue weighted by molar-refractivity contribution is 5.98. The van der Waals surface area contributed by atoms with Crippen LogP contribution < -0.4 is 0 Å². The maximum absolute atomic E-state index is 13.1. The molecule has 0 bridgehead atoms. The largest absolute Gasteiger partial charge is 0.467 e. The van der Waals surface area contributed by atoms with Crippen molar-refractivity contribution in [2.75, 3.05) is 0 Å². The summed E-state index contributed by atoms with van der Waals surface area (Å²) < 4.78 is 5.44. The SMILES string of the molecule is O=C(c1cc2ccccc2[nH]1)N(Cc1ccccc1)Cc1ccco1. The highest BCUT2D eigenvalue weighted by atomic mass is 16.3. The number of rotatable bonds is 5. The Morgan fingerprint density at radius 1 is 0.920 bits per heavy atom. The molecule has 0 aliphatic rings. The molecule has 0 fully saturated rings. The molecule has 2 aromatic heterocycles. The fourth-order valence-electron chi connectivity index (χ4n) is 2.95. The number of H-pyrrole nitrogens is 1. The minimum atomic E-state index is -0.0450. The predicted molar refractivity (Wildman–Crippen MR) is 97.0 cm³/mol. The molecule has 4 rings (SSSR count). The standard InChI is InChI=1S/C21H18N2O2/c24-21(20-13-17-9-4-5-11-19(17)22-20)23(15-18-10-6-12-25-18)14-16-7-2-1-3-8-16/h1-13,22H,14-15H2. The van der Waals surface area contributed by atoms with Crippen molar-refractivity contribution in [1.29, 1.82) is 0 Å². The molecule has 4 aromatic rings. The van der Waals surface area contributed by atoms with Gasteiger partial charge in [0.05, 0.1) is 12.8 Å². The normalized spacial score (nSPS) is 10.9. The summed E-state index contributed by atoms with van der Waals surface area (Å²) in [6.07, 6.45) is 1.63. The van der Waals surface area contributed by atoms with Gasteiger partial charge in [0.1, 0.15) is 11.5 Å². The number of para-hydroxylation sites is 1. The molecule has 0 aliphatic heterocycles. The minimum Gasteiger partial charge on any atom is -0.467 e. The van der Waals surface area contributed by atoms with Crippen LogP contribution in [0.2, 0.25) is 0 Å². The highest BCUT2D eigenvalue weighted by Gasteiger charge is 2.19. The Labute approximate surface area is 145 Å². The number of nitrogens with zero attached hydrogens (tertiary/aromatic N) is 1. The van der Waals surface area contributed by atoms with Crippen LogP contribution in [0.5, 0.6) is 0 Å². The van der Waals surface area contributed by atoms with Gasteiger partial charge in [-0.2, -0.15) is 0 Å².